The molecule has 0 N–H and O–H groups in total. The highest BCUT2D eigenvalue weighted by atomic mass is 14.3. The maximum atomic E-state index is 2.47. The van der Waals surface area contributed by atoms with Gasteiger partial charge in [-0.3, -0.25) is 0 Å². The number of fused-ring (bicyclic) bond motifs is 1. The minimum atomic E-state index is 0.165. The fraction of sp³-hybridized carbons (Fsp3) is 0.455. The van der Waals surface area contributed by atoms with E-state index in [1.807, 2.05) is 0 Å². The zero-order valence-corrected chi connectivity index (χ0v) is 21.2. The first-order valence-electron chi connectivity index (χ1n) is 13.2. The summed E-state index contributed by atoms with van der Waals surface area (Å²) in [6.07, 6.45) is 17.5. The summed E-state index contributed by atoms with van der Waals surface area (Å²) in [5.74, 6) is 2.19. The molecule has 5 rings (SSSR count). The summed E-state index contributed by atoms with van der Waals surface area (Å²) in [6.45, 7) is 11.7. The molecule has 2 aromatic rings. The Labute approximate surface area is 201 Å². The smallest absolute Gasteiger partial charge is 0.00555 e. The van der Waals surface area contributed by atoms with Gasteiger partial charge in [0.2, 0.25) is 0 Å². The van der Waals surface area contributed by atoms with E-state index in [9.17, 15) is 0 Å². The third-order valence-corrected chi connectivity index (χ3v) is 7.96. The standard InChI is InChI=1S/C33H40/c1-22(2)18-29-13-12-27(21-32(29)33(3,4)5)25-11-10-24(19-25)26-14-16-31-28(20-26)15-17-30(31)23-8-6-7-9-23/h10,12-17,19-23,30H,6-9,11,18H2,1-5H3. The average Bonchev–Trinajstić information content (AvgIpc) is 3.52. The second-order valence-corrected chi connectivity index (χ2v) is 12.0. The van der Waals surface area contributed by atoms with E-state index in [0.29, 0.717) is 11.8 Å². The van der Waals surface area contributed by atoms with Crippen LogP contribution in [-0.4, -0.2) is 0 Å². The van der Waals surface area contributed by atoms with Gasteiger partial charge < -0.3 is 0 Å². The van der Waals surface area contributed by atoms with Crippen LogP contribution in [-0.2, 0) is 11.8 Å². The minimum absolute atomic E-state index is 0.165. The first-order chi connectivity index (χ1) is 15.8. The van der Waals surface area contributed by atoms with E-state index in [1.165, 1.54) is 64.6 Å². The Balaban J connectivity index is 1.39. The Bertz CT molecular complexity index is 1120. The second kappa shape index (κ2) is 8.79. The largest absolute Gasteiger partial charge is 0.0761 e. The zero-order chi connectivity index (χ0) is 23.2. The monoisotopic (exact) mass is 436 g/mol. The van der Waals surface area contributed by atoms with E-state index < -0.39 is 0 Å². The predicted octanol–water partition coefficient (Wildman–Crippen LogP) is 9.35. The van der Waals surface area contributed by atoms with Crippen molar-refractivity contribution < 1.29 is 0 Å². The van der Waals surface area contributed by atoms with Crippen molar-refractivity contribution in [3.63, 3.8) is 0 Å². The van der Waals surface area contributed by atoms with Crippen molar-refractivity contribution in [1.29, 1.82) is 0 Å². The molecule has 0 heteroatoms. The summed E-state index contributed by atoms with van der Waals surface area (Å²) < 4.78 is 0. The third-order valence-electron chi connectivity index (χ3n) is 7.96. The van der Waals surface area contributed by atoms with Crippen LogP contribution < -0.4 is 0 Å². The van der Waals surface area contributed by atoms with Gasteiger partial charge in [-0.05, 0) is 93.5 Å². The van der Waals surface area contributed by atoms with E-state index in [2.05, 4.69) is 95.3 Å². The van der Waals surface area contributed by atoms with Crippen LogP contribution in [0.3, 0.4) is 0 Å². The van der Waals surface area contributed by atoms with Gasteiger partial charge in [-0.25, -0.2) is 0 Å². The van der Waals surface area contributed by atoms with Crippen LogP contribution >= 0.6 is 0 Å². The Kier molecular flexibility index (Phi) is 5.98. The Morgan fingerprint density at radius 2 is 1.70 bits per heavy atom. The molecule has 0 amide bonds. The van der Waals surface area contributed by atoms with Crippen molar-refractivity contribution >= 4 is 17.2 Å². The molecule has 0 aromatic heterocycles. The SMILES string of the molecule is CC(C)Cc1ccc(C2=CC(c3ccc4c(c3)C=CC4C3CCCC3)=CC2)cc1C(C)(C)C. The number of hydrogen-bond acceptors (Lipinski definition) is 0. The lowest BCUT2D eigenvalue weighted by Gasteiger charge is -2.25. The molecule has 0 nitrogen and oxygen atoms in total. The molecule has 33 heavy (non-hydrogen) atoms. The Hall–Kier alpha value is -2.34. The van der Waals surface area contributed by atoms with Gasteiger partial charge in [0, 0.05) is 5.92 Å². The number of hydrogen-bond donors (Lipinski definition) is 0. The first kappa shape index (κ1) is 22.5. The Morgan fingerprint density at radius 3 is 2.42 bits per heavy atom. The van der Waals surface area contributed by atoms with Crippen LogP contribution in [0.4, 0.5) is 0 Å². The van der Waals surface area contributed by atoms with Crippen LogP contribution in [0.15, 0.2) is 54.6 Å². The fourth-order valence-corrected chi connectivity index (χ4v) is 6.26. The molecule has 0 spiro atoms. The fourth-order valence-electron chi connectivity index (χ4n) is 6.26. The molecule has 0 aliphatic heterocycles. The molecule has 1 fully saturated rings. The number of benzene rings is 2. The van der Waals surface area contributed by atoms with Crippen molar-refractivity contribution in [2.75, 3.05) is 0 Å². The van der Waals surface area contributed by atoms with Crippen molar-refractivity contribution in [3.8, 4) is 0 Å². The van der Waals surface area contributed by atoms with Gasteiger partial charge in [-0.2, -0.15) is 0 Å². The molecule has 172 valence electrons. The van der Waals surface area contributed by atoms with Crippen molar-refractivity contribution in [2.24, 2.45) is 11.8 Å². The summed E-state index contributed by atoms with van der Waals surface area (Å²) in [5, 5.41) is 0. The summed E-state index contributed by atoms with van der Waals surface area (Å²) in [5.41, 5.74) is 11.8. The van der Waals surface area contributed by atoms with Gasteiger partial charge in [0.05, 0.1) is 0 Å². The first-order valence-corrected chi connectivity index (χ1v) is 13.2. The molecule has 1 atom stereocenters. The number of allylic oxidation sites excluding steroid dienone is 5. The summed E-state index contributed by atoms with van der Waals surface area (Å²) in [7, 11) is 0. The Morgan fingerprint density at radius 1 is 0.939 bits per heavy atom. The lowest BCUT2D eigenvalue weighted by atomic mass is 9.80. The van der Waals surface area contributed by atoms with Gasteiger partial charge >= 0.3 is 0 Å². The van der Waals surface area contributed by atoms with Gasteiger partial charge in [-0.1, -0.05) is 102 Å². The molecule has 0 saturated heterocycles. The lowest BCUT2D eigenvalue weighted by molar-refractivity contribution is 0.498. The van der Waals surface area contributed by atoms with Crippen molar-refractivity contribution in [1.82, 2.24) is 0 Å². The highest BCUT2D eigenvalue weighted by Crippen LogP contribution is 2.44. The van der Waals surface area contributed by atoms with E-state index in [-0.39, 0.29) is 5.41 Å². The highest BCUT2D eigenvalue weighted by molar-refractivity contribution is 5.90. The topological polar surface area (TPSA) is 0 Å². The molecule has 3 aliphatic carbocycles. The zero-order valence-electron chi connectivity index (χ0n) is 21.2. The third kappa shape index (κ3) is 4.54. The van der Waals surface area contributed by atoms with Crippen LogP contribution in [0.2, 0.25) is 0 Å². The van der Waals surface area contributed by atoms with Gasteiger partial charge in [0.1, 0.15) is 0 Å². The summed E-state index contributed by atoms with van der Waals surface area (Å²) >= 11 is 0. The summed E-state index contributed by atoms with van der Waals surface area (Å²) in [4.78, 5) is 0. The quantitative estimate of drug-likeness (QED) is 0.438. The molecule has 0 heterocycles. The predicted molar refractivity (Wildman–Crippen MR) is 144 cm³/mol. The van der Waals surface area contributed by atoms with Crippen molar-refractivity contribution in [2.45, 2.75) is 84.5 Å². The van der Waals surface area contributed by atoms with E-state index >= 15 is 0 Å². The molecule has 0 radical (unpaired) electrons. The number of rotatable bonds is 5. The van der Waals surface area contributed by atoms with Crippen LogP contribution in [0, 0.1) is 11.8 Å². The van der Waals surface area contributed by atoms with Gasteiger partial charge in [0.15, 0.2) is 0 Å². The second-order valence-electron chi connectivity index (χ2n) is 12.0. The van der Waals surface area contributed by atoms with Crippen LogP contribution in [0.25, 0.3) is 17.2 Å². The highest BCUT2D eigenvalue weighted by Gasteiger charge is 2.28. The van der Waals surface area contributed by atoms with Gasteiger partial charge in [0.25, 0.3) is 0 Å². The molecule has 0 bridgehead atoms. The van der Waals surface area contributed by atoms with E-state index in [1.54, 1.807) is 5.56 Å². The van der Waals surface area contributed by atoms with E-state index in [4.69, 9.17) is 0 Å². The van der Waals surface area contributed by atoms with E-state index in [0.717, 1.165) is 18.8 Å². The normalized spacial score (nSPS) is 20.5. The van der Waals surface area contributed by atoms with Gasteiger partial charge in [-0.15, -0.1) is 0 Å². The molecule has 1 saturated carbocycles. The molecule has 1 unspecified atom stereocenters. The molecular formula is C33H40. The molecule has 3 aliphatic rings. The summed E-state index contributed by atoms with van der Waals surface area (Å²) in [6, 6.07) is 14.4. The maximum absolute atomic E-state index is 2.47. The molecule has 2 aromatic carbocycles. The minimum Gasteiger partial charge on any atom is -0.0761 e. The lowest BCUT2D eigenvalue weighted by Crippen LogP contribution is -2.15. The van der Waals surface area contributed by atoms with Crippen LogP contribution in [0.1, 0.15) is 106 Å². The maximum Gasteiger partial charge on any atom is 0.00555 e. The molecular weight excluding hydrogens is 396 g/mol. The average molecular weight is 437 g/mol. The van der Waals surface area contributed by atoms with Crippen LogP contribution in [0.5, 0.6) is 0 Å². The van der Waals surface area contributed by atoms with Crippen molar-refractivity contribution in [3.05, 3.63) is 88.0 Å².